The number of aliphatic hydroxyl groups is 1. The van der Waals surface area contributed by atoms with E-state index in [4.69, 9.17) is 9.47 Å². The zero-order valence-electron chi connectivity index (χ0n) is 38.1. The number of benzene rings is 4. The summed E-state index contributed by atoms with van der Waals surface area (Å²) in [4.78, 5) is 60.4. The van der Waals surface area contributed by atoms with Gasteiger partial charge in [-0.15, -0.1) is 0 Å². The predicted octanol–water partition coefficient (Wildman–Crippen LogP) is 5.75. The zero-order chi connectivity index (χ0) is 45.7. The zero-order valence-corrected chi connectivity index (χ0v) is 39.1. The van der Waals surface area contributed by atoms with Crippen LogP contribution in [-0.4, -0.2) is 94.3 Å². The third-order valence-corrected chi connectivity index (χ3v) is 18.7. The van der Waals surface area contributed by atoms with Crippen molar-refractivity contribution in [2.24, 2.45) is 17.8 Å². The number of anilines is 3. The van der Waals surface area contributed by atoms with E-state index >= 15 is 4.79 Å². The van der Waals surface area contributed by atoms with Gasteiger partial charge in [-0.1, -0.05) is 79.8 Å². The maximum Gasteiger partial charge on any atom is 0.264 e. The Bertz CT molecular complexity index is 2320. The van der Waals surface area contributed by atoms with E-state index in [9.17, 15) is 19.5 Å². The molecule has 1 spiro atoms. The van der Waals surface area contributed by atoms with Crippen molar-refractivity contribution in [3.63, 3.8) is 0 Å². The van der Waals surface area contributed by atoms with Crippen LogP contribution in [0.4, 0.5) is 17.1 Å². The van der Waals surface area contributed by atoms with Crippen LogP contribution in [0.2, 0.25) is 18.6 Å². The number of rotatable bonds is 15. The summed E-state index contributed by atoms with van der Waals surface area (Å²) in [5, 5.41) is 24.2. The molecule has 4 aliphatic heterocycles. The van der Waals surface area contributed by atoms with Crippen molar-refractivity contribution in [3.05, 3.63) is 114 Å². The fourth-order valence-electron chi connectivity index (χ4n) is 10.8. The highest BCUT2D eigenvalue weighted by Gasteiger charge is 2.66. The molecule has 4 aromatic carbocycles. The molecule has 13 nitrogen and oxygen atoms in total. The van der Waals surface area contributed by atoms with Crippen LogP contribution in [0.1, 0.15) is 55.7 Å². The van der Waals surface area contributed by atoms with Gasteiger partial charge in [-0.05, 0) is 97.9 Å². The third-order valence-electron chi connectivity index (χ3n) is 14.3. The molecular weight excluding hydrogens is 837 g/mol. The molecule has 4 aromatic rings. The summed E-state index contributed by atoms with van der Waals surface area (Å²) in [6.45, 7) is 10.3. The van der Waals surface area contributed by atoms with Gasteiger partial charge in [-0.25, -0.2) is 0 Å². The standard InChI is InChI=1S/C51H64N6O7Si/c1-34-47(65(3,4)42-21-19-41(63-2)20-22-42)45(29-46(59)56(26-27-58)32-35-10-6-5-7-11-35)64-51(34)43-28-40(55-49(61)38-13-9-25-53-31-38)18-23-44(43)57(50(51)62)33-36-14-16-39(17-15-36)54-48(60)37-12-8-24-52-30-37/h5-7,10-11,14-23,28,34,37-38,45,47,52-53,58H,8-9,12-13,24-27,29-33H2,1-4H3,(H,54,60)(H,55,61)/t34-,37?,38?,45+,47-,51+/m1/s1. The first-order valence-electron chi connectivity index (χ1n) is 23.3. The molecule has 0 radical (unpaired) electrons. The third kappa shape index (κ3) is 9.64. The fraction of sp³-hybridized carbons (Fsp3) is 0.451. The predicted molar refractivity (Wildman–Crippen MR) is 256 cm³/mol. The van der Waals surface area contributed by atoms with Gasteiger partial charge in [-0.2, -0.15) is 0 Å². The van der Waals surface area contributed by atoms with Gasteiger partial charge in [-0.3, -0.25) is 19.2 Å². The molecule has 6 atom stereocenters. The average molecular weight is 901 g/mol. The van der Waals surface area contributed by atoms with Crippen molar-refractivity contribution in [3.8, 4) is 5.75 Å². The van der Waals surface area contributed by atoms with Crippen LogP contribution in [0.15, 0.2) is 97.1 Å². The minimum Gasteiger partial charge on any atom is -0.497 e. The van der Waals surface area contributed by atoms with E-state index < -0.39 is 25.7 Å². The largest absolute Gasteiger partial charge is 0.497 e. The molecule has 3 fully saturated rings. The molecule has 4 heterocycles. The molecule has 3 saturated heterocycles. The SMILES string of the molecule is COc1ccc([Si](C)(C)[C@H]2[C@H](CC(=O)N(CCO)Cc3ccccc3)O[C@@]3(C(=O)N(Cc4ccc(NC(=O)C5CCCNC5)cc4)c4ccc(NC(=O)C5CCCNC5)cc43)[C@@H]2C)cc1. The van der Waals surface area contributed by atoms with Gasteiger partial charge in [0.25, 0.3) is 5.91 Å². The van der Waals surface area contributed by atoms with Gasteiger partial charge in [0.05, 0.1) is 58.4 Å². The molecule has 4 aliphatic rings. The minimum absolute atomic E-state index is 0.00573. The molecule has 0 saturated carbocycles. The maximum atomic E-state index is 15.7. The molecular formula is C51H64N6O7Si. The molecule has 65 heavy (non-hydrogen) atoms. The number of amides is 4. The van der Waals surface area contributed by atoms with Crippen molar-refractivity contribution in [2.45, 2.75) is 82.5 Å². The number of methoxy groups -OCH3 is 1. The van der Waals surface area contributed by atoms with Crippen LogP contribution < -0.4 is 36.1 Å². The quantitative estimate of drug-likeness (QED) is 0.0938. The number of carbonyl (C=O) groups is 4. The minimum atomic E-state index is -2.62. The summed E-state index contributed by atoms with van der Waals surface area (Å²) in [7, 11) is -0.982. The van der Waals surface area contributed by atoms with Crippen molar-refractivity contribution in [1.82, 2.24) is 15.5 Å². The van der Waals surface area contributed by atoms with E-state index in [0.717, 1.165) is 60.8 Å². The van der Waals surface area contributed by atoms with Crippen LogP contribution in [0.3, 0.4) is 0 Å². The van der Waals surface area contributed by atoms with Crippen molar-refractivity contribution >= 4 is 54.0 Å². The highest BCUT2D eigenvalue weighted by Crippen LogP contribution is 2.60. The van der Waals surface area contributed by atoms with Gasteiger partial charge >= 0.3 is 0 Å². The van der Waals surface area contributed by atoms with Gasteiger partial charge in [0.15, 0.2) is 5.60 Å². The Morgan fingerprint density at radius 2 is 1.49 bits per heavy atom. The highest BCUT2D eigenvalue weighted by atomic mass is 28.3. The lowest BCUT2D eigenvalue weighted by Gasteiger charge is -2.37. The van der Waals surface area contributed by atoms with E-state index in [-0.39, 0.29) is 67.1 Å². The monoisotopic (exact) mass is 900 g/mol. The van der Waals surface area contributed by atoms with E-state index in [1.807, 2.05) is 84.9 Å². The summed E-state index contributed by atoms with van der Waals surface area (Å²) >= 11 is 0. The number of fused-ring (bicyclic) bond motifs is 2. The topological polar surface area (TPSA) is 162 Å². The van der Waals surface area contributed by atoms with Crippen LogP contribution in [-0.2, 0) is 42.6 Å². The number of aliphatic hydroxyl groups excluding tert-OH is 1. The number of ether oxygens (including phenoxy) is 2. The summed E-state index contributed by atoms with van der Waals surface area (Å²) in [6, 6.07) is 31.1. The lowest BCUT2D eigenvalue weighted by molar-refractivity contribution is -0.150. The van der Waals surface area contributed by atoms with Gasteiger partial charge in [0.1, 0.15) is 5.75 Å². The van der Waals surface area contributed by atoms with Gasteiger partial charge in [0, 0.05) is 49.0 Å². The van der Waals surface area contributed by atoms with E-state index in [0.29, 0.717) is 42.3 Å². The second kappa shape index (κ2) is 20.0. The first-order valence-corrected chi connectivity index (χ1v) is 26.3. The van der Waals surface area contributed by atoms with E-state index in [1.54, 1.807) is 16.9 Å². The summed E-state index contributed by atoms with van der Waals surface area (Å²) in [6.07, 6.45) is 2.87. The van der Waals surface area contributed by atoms with Gasteiger partial charge < -0.3 is 45.6 Å². The van der Waals surface area contributed by atoms with Crippen LogP contribution in [0, 0.1) is 17.8 Å². The number of piperidine rings is 2. The first-order chi connectivity index (χ1) is 31.4. The number of nitrogens with zero attached hydrogens (tertiary/aromatic N) is 2. The average Bonchev–Trinajstić information content (AvgIpc) is 3.75. The van der Waals surface area contributed by atoms with Crippen molar-refractivity contribution in [1.29, 1.82) is 0 Å². The summed E-state index contributed by atoms with van der Waals surface area (Å²) in [5.41, 5.74) is 2.72. The maximum absolute atomic E-state index is 15.7. The van der Waals surface area contributed by atoms with E-state index in [2.05, 4.69) is 53.4 Å². The number of hydrogen-bond acceptors (Lipinski definition) is 9. The molecule has 0 aromatic heterocycles. The molecule has 8 rings (SSSR count). The van der Waals surface area contributed by atoms with Crippen LogP contribution >= 0.6 is 0 Å². The molecule has 14 heteroatoms. The van der Waals surface area contributed by atoms with Crippen LogP contribution in [0.25, 0.3) is 0 Å². The Morgan fingerprint density at radius 1 is 0.862 bits per heavy atom. The van der Waals surface area contributed by atoms with Crippen molar-refractivity contribution < 1.29 is 33.8 Å². The molecule has 344 valence electrons. The second-order valence-electron chi connectivity index (χ2n) is 18.8. The Balaban J connectivity index is 1.16. The summed E-state index contributed by atoms with van der Waals surface area (Å²) < 4.78 is 12.9. The Labute approximate surface area is 383 Å². The summed E-state index contributed by atoms with van der Waals surface area (Å²) in [5.74, 6) is -0.387. The number of nitrogens with one attached hydrogen (secondary N) is 4. The second-order valence-corrected chi connectivity index (χ2v) is 23.5. The molecule has 0 aliphatic carbocycles. The first kappa shape index (κ1) is 46.2. The van der Waals surface area contributed by atoms with Crippen molar-refractivity contribution in [2.75, 3.05) is 62.0 Å². The van der Waals surface area contributed by atoms with E-state index in [1.165, 1.54) is 0 Å². The molecule has 0 bridgehead atoms. The molecule has 2 unspecified atom stereocenters. The number of carbonyl (C=O) groups excluding carboxylic acids is 4. The van der Waals surface area contributed by atoms with Gasteiger partial charge in [0.2, 0.25) is 17.7 Å². The molecule has 5 N–H and O–H groups in total. The lowest BCUT2D eigenvalue weighted by atomic mass is 9.82. The van der Waals surface area contributed by atoms with Crippen LogP contribution in [0.5, 0.6) is 5.75 Å². The smallest absolute Gasteiger partial charge is 0.264 e. The lowest BCUT2D eigenvalue weighted by Crippen LogP contribution is -2.52. The Kier molecular flexibility index (Phi) is 14.2. The highest BCUT2D eigenvalue weighted by molar-refractivity contribution is 6.91. The fourth-order valence-corrected chi connectivity index (χ4v) is 14.8. The molecule has 4 amide bonds. The normalized spacial score (nSPS) is 24.1. The Morgan fingerprint density at radius 3 is 2.09 bits per heavy atom. The number of hydrogen-bond donors (Lipinski definition) is 5. The Hall–Kier alpha value is -5.38.